The SMILES string of the molecule is NCCOc1cccc(C(=O)N[C@@H]2CCC[C@@H](N3CCNC(=O)C3)[C@@H]2O)c1. The smallest absolute Gasteiger partial charge is 0.251 e. The first-order valence-corrected chi connectivity index (χ1v) is 9.51. The molecule has 5 N–H and O–H groups in total. The summed E-state index contributed by atoms with van der Waals surface area (Å²) in [5.41, 5.74) is 5.92. The molecule has 1 saturated carbocycles. The molecule has 3 rings (SSSR count). The fourth-order valence-corrected chi connectivity index (χ4v) is 3.81. The molecule has 1 aromatic carbocycles. The van der Waals surface area contributed by atoms with Crippen LogP contribution in [-0.4, -0.2) is 72.8 Å². The lowest BCUT2D eigenvalue weighted by Crippen LogP contribution is -2.60. The molecule has 0 unspecified atom stereocenters. The number of carbonyl (C=O) groups excluding carboxylic acids is 2. The number of hydrogen-bond donors (Lipinski definition) is 4. The third kappa shape index (κ3) is 4.97. The molecule has 0 bridgehead atoms. The van der Waals surface area contributed by atoms with Crippen molar-refractivity contribution in [3.05, 3.63) is 29.8 Å². The lowest BCUT2D eigenvalue weighted by atomic mass is 9.86. The Kier molecular flexibility index (Phi) is 6.65. The van der Waals surface area contributed by atoms with Crippen molar-refractivity contribution in [1.82, 2.24) is 15.5 Å². The summed E-state index contributed by atoms with van der Waals surface area (Å²) in [6.45, 7) is 2.39. The van der Waals surface area contributed by atoms with Crippen molar-refractivity contribution in [3.8, 4) is 5.75 Å². The van der Waals surface area contributed by atoms with Crippen LogP contribution in [0.3, 0.4) is 0 Å². The minimum absolute atomic E-state index is 0.0195. The van der Waals surface area contributed by atoms with E-state index >= 15 is 0 Å². The summed E-state index contributed by atoms with van der Waals surface area (Å²) in [7, 11) is 0. The Balaban J connectivity index is 1.62. The van der Waals surface area contributed by atoms with Gasteiger partial charge in [0.05, 0.1) is 18.7 Å². The number of aliphatic hydroxyl groups excluding tert-OH is 1. The maximum atomic E-state index is 12.6. The average Bonchev–Trinajstić information content (AvgIpc) is 2.68. The number of ether oxygens (including phenoxy) is 1. The van der Waals surface area contributed by atoms with Gasteiger partial charge in [-0.05, 0) is 37.5 Å². The fraction of sp³-hybridized carbons (Fsp3) is 0.579. The Morgan fingerprint density at radius 3 is 3.04 bits per heavy atom. The minimum atomic E-state index is -0.703. The van der Waals surface area contributed by atoms with Gasteiger partial charge in [-0.15, -0.1) is 0 Å². The number of piperazine rings is 1. The first kappa shape index (κ1) is 19.6. The van der Waals surface area contributed by atoms with Crippen LogP contribution in [-0.2, 0) is 4.79 Å². The molecule has 2 aliphatic rings. The van der Waals surface area contributed by atoms with E-state index in [2.05, 4.69) is 10.6 Å². The summed E-state index contributed by atoms with van der Waals surface area (Å²) in [4.78, 5) is 26.3. The summed E-state index contributed by atoms with van der Waals surface area (Å²) >= 11 is 0. The van der Waals surface area contributed by atoms with E-state index in [0.29, 0.717) is 50.5 Å². The van der Waals surface area contributed by atoms with E-state index in [0.717, 1.165) is 12.8 Å². The molecular formula is C19H28N4O4. The van der Waals surface area contributed by atoms with E-state index in [9.17, 15) is 14.7 Å². The molecule has 1 aliphatic heterocycles. The Labute approximate surface area is 159 Å². The molecule has 2 amide bonds. The highest BCUT2D eigenvalue weighted by Gasteiger charge is 2.37. The second-order valence-corrected chi connectivity index (χ2v) is 7.05. The van der Waals surface area contributed by atoms with Gasteiger partial charge >= 0.3 is 0 Å². The van der Waals surface area contributed by atoms with Gasteiger partial charge in [-0.2, -0.15) is 0 Å². The van der Waals surface area contributed by atoms with E-state index in [-0.39, 0.29) is 23.9 Å². The molecule has 148 valence electrons. The van der Waals surface area contributed by atoms with Gasteiger partial charge in [-0.25, -0.2) is 0 Å². The van der Waals surface area contributed by atoms with Gasteiger partial charge in [0.25, 0.3) is 5.91 Å². The van der Waals surface area contributed by atoms with Gasteiger partial charge in [0, 0.05) is 31.2 Å². The highest BCUT2D eigenvalue weighted by molar-refractivity contribution is 5.94. The van der Waals surface area contributed by atoms with E-state index < -0.39 is 6.10 Å². The Morgan fingerprint density at radius 2 is 2.26 bits per heavy atom. The molecule has 27 heavy (non-hydrogen) atoms. The molecule has 1 aliphatic carbocycles. The second kappa shape index (κ2) is 9.16. The number of benzene rings is 1. The standard InChI is InChI=1S/C19H28N4O4/c20-7-10-27-14-4-1-3-13(11-14)19(26)22-15-5-2-6-16(18(15)25)23-9-8-21-17(24)12-23/h1,3-4,11,15-16,18,25H,2,5-10,12,20H2,(H,21,24)(H,22,26)/t15-,16-,18-/m1/s1. The van der Waals surface area contributed by atoms with Crippen molar-refractivity contribution in [2.45, 2.75) is 37.5 Å². The lowest BCUT2D eigenvalue weighted by molar-refractivity contribution is -0.126. The van der Waals surface area contributed by atoms with Crippen LogP contribution in [0, 0.1) is 0 Å². The number of rotatable bonds is 6. The van der Waals surface area contributed by atoms with Crippen molar-refractivity contribution in [1.29, 1.82) is 0 Å². The topological polar surface area (TPSA) is 117 Å². The van der Waals surface area contributed by atoms with E-state index in [1.54, 1.807) is 24.3 Å². The van der Waals surface area contributed by atoms with Gasteiger partial charge in [-0.3, -0.25) is 14.5 Å². The molecule has 8 nitrogen and oxygen atoms in total. The third-order valence-corrected chi connectivity index (χ3v) is 5.16. The number of nitrogens with zero attached hydrogens (tertiary/aromatic N) is 1. The summed E-state index contributed by atoms with van der Waals surface area (Å²) in [6, 6.07) is 6.47. The molecule has 0 spiro atoms. The predicted octanol–water partition coefficient (Wildman–Crippen LogP) is -0.532. The van der Waals surface area contributed by atoms with Crippen molar-refractivity contribution in [3.63, 3.8) is 0 Å². The maximum absolute atomic E-state index is 12.6. The number of nitrogens with two attached hydrogens (primary N) is 1. The average molecular weight is 376 g/mol. The number of hydrogen-bond acceptors (Lipinski definition) is 6. The zero-order valence-corrected chi connectivity index (χ0v) is 15.4. The molecule has 2 fully saturated rings. The van der Waals surface area contributed by atoms with Gasteiger partial charge in [0.1, 0.15) is 12.4 Å². The second-order valence-electron chi connectivity index (χ2n) is 7.05. The van der Waals surface area contributed by atoms with E-state index in [1.165, 1.54) is 0 Å². The first-order valence-electron chi connectivity index (χ1n) is 9.51. The highest BCUT2D eigenvalue weighted by Crippen LogP contribution is 2.25. The lowest BCUT2D eigenvalue weighted by Gasteiger charge is -2.42. The normalized spacial score (nSPS) is 26.3. The maximum Gasteiger partial charge on any atom is 0.251 e. The van der Waals surface area contributed by atoms with Gasteiger partial charge in [0.15, 0.2) is 0 Å². The van der Waals surface area contributed by atoms with Crippen LogP contribution in [0.15, 0.2) is 24.3 Å². The summed E-state index contributed by atoms with van der Waals surface area (Å²) < 4.78 is 5.46. The van der Waals surface area contributed by atoms with Gasteiger partial charge < -0.3 is 26.2 Å². The Hall–Kier alpha value is -2.16. The summed E-state index contributed by atoms with van der Waals surface area (Å²) in [5, 5.41) is 16.6. The Bertz CT molecular complexity index is 669. The van der Waals surface area contributed by atoms with Gasteiger partial charge in [0.2, 0.25) is 5.91 Å². The number of amides is 2. The van der Waals surface area contributed by atoms with Gasteiger partial charge in [-0.1, -0.05) is 6.07 Å². The van der Waals surface area contributed by atoms with Crippen LogP contribution in [0.2, 0.25) is 0 Å². The third-order valence-electron chi connectivity index (χ3n) is 5.16. The van der Waals surface area contributed by atoms with Crippen molar-refractivity contribution in [2.24, 2.45) is 5.73 Å². The first-order chi connectivity index (χ1) is 13.1. The molecule has 8 heteroatoms. The quantitative estimate of drug-likeness (QED) is 0.530. The highest BCUT2D eigenvalue weighted by atomic mass is 16.5. The van der Waals surface area contributed by atoms with Crippen LogP contribution >= 0.6 is 0 Å². The Morgan fingerprint density at radius 1 is 1.41 bits per heavy atom. The monoisotopic (exact) mass is 376 g/mol. The fourth-order valence-electron chi connectivity index (χ4n) is 3.81. The summed E-state index contributed by atoms with van der Waals surface area (Å²) in [5.74, 6) is 0.331. The predicted molar refractivity (Wildman–Crippen MR) is 100 cm³/mol. The van der Waals surface area contributed by atoms with Crippen LogP contribution in [0.5, 0.6) is 5.75 Å². The molecular weight excluding hydrogens is 348 g/mol. The van der Waals surface area contributed by atoms with E-state index in [4.69, 9.17) is 10.5 Å². The molecule has 0 radical (unpaired) electrons. The van der Waals surface area contributed by atoms with Crippen LogP contribution in [0.4, 0.5) is 0 Å². The minimum Gasteiger partial charge on any atom is -0.492 e. The van der Waals surface area contributed by atoms with Crippen molar-refractivity contribution in [2.75, 3.05) is 32.8 Å². The van der Waals surface area contributed by atoms with Crippen molar-refractivity contribution >= 4 is 11.8 Å². The molecule has 3 atom stereocenters. The number of carbonyl (C=O) groups is 2. The molecule has 1 saturated heterocycles. The van der Waals surface area contributed by atoms with Crippen LogP contribution in [0.1, 0.15) is 29.6 Å². The zero-order chi connectivity index (χ0) is 19.2. The molecule has 1 heterocycles. The number of aliphatic hydroxyl groups is 1. The molecule has 1 aromatic rings. The zero-order valence-electron chi connectivity index (χ0n) is 15.4. The number of nitrogens with one attached hydrogen (secondary N) is 2. The largest absolute Gasteiger partial charge is 0.492 e. The summed E-state index contributed by atoms with van der Waals surface area (Å²) in [6.07, 6.45) is 1.73. The van der Waals surface area contributed by atoms with Crippen LogP contribution in [0.25, 0.3) is 0 Å². The van der Waals surface area contributed by atoms with Crippen molar-refractivity contribution < 1.29 is 19.4 Å². The molecule has 0 aromatic heterocycles. The van der Waals surface area contributed by atoms with Crippen LogP contribution < -0.4 is 21.1 Å². The van der Waals surface area contributed by atoms with E-state index in [1.807, 2.05) is 4.90 Å².